The molecule has 0 aliphatic heterocycles. The molecule has 5 rings (SSSR count). The Balaban J connectivity index is 1.73. The summed E-state index contributed by atoms with van der Waals surface area (Å²) >= 11 is 0. The lowest BCUT2D eigenvalue weighted by Gasteiger charge is -2.14. The molecular formula is C21H17N4O4-. The summed E-state index contributed by atoms with van der Waals surface area (Å²) in [4.78, 5) is 19.6. The molecule has 8 nitrogen and oxygen atoms in total. The average molecular weight is 389 g/mol. The van der Waals surface area contributed by atoms with Gasteiger partial charge in [0.15, 0.2) is 0 Å². The number of para-hydroxylation sites is 2. The Labute approximate surface area is 165 Å². The summed E-state index contributed by atoms with van der Waals surface area (Å²) in [6, 6.07) is 8.85. The van der Waals surface area contributed by atoms with Crippen molar-refractivity contribution in [2.24, 2.45) is 12.0 Å². The molecule has 2 aromatic heterocycles. The molecule has 0 saturated heterocycles. The summed E-state index contributed by atoms with van der Waals surface area (Å²) < 4.78 is 7.69. The molecule has 2 heterocycles. The number of benzene rings is 2. The lowest BCUT2D eigenvalue weighted by molar-refractivity contribution is -0.398. The van der Waals surface area contributed by atoms with E-state index in [1.54, 1.807) is 0 Å². The van der Waals surface area contributed by atoms with Gasteiger partial charge < -0.3 is 14.1 Å². The summed E-state index contributed by atoms with van der Waals surface area (Å²) in [5.74, 6) is 0.574. The summed E-state index contributed by atoms with van der Waals surface area (Å²) in [6.07, 6.45) is 4.94. The molecule has 0 amide bonds. The molecule has 1 aliphatic rings. The van der Waals surface area contributed by atoms with Gasteiger partial charge in [-0.15, -0.1) is 0 Å². The highest BCUT2D eigenvalue weighted by molar-refractivity contribution is 6.05. The van der Waals surface area contributed by atoms with Crippen molar-refractivity contribution >= 4 is 39.9 Å². The Morgan fingerprint density at radius 2 is 2.07 bits per heavy atom. The highest BCUT2D eigenvalue weighted by atomic mass is 16.6. The minimum absolute atomic E-state index is 0.188. The molecule has 0 unspecified atom stereocenters. The molecule has 0 saturated carbocycles. The van der Waals surface area contributed by atoms with E-state index in [0.717, 1.165) is 48.0 Å². The molecule has 0 bridgehead atoms. The summed E-state index contributed by atoms with van der Waals surface area (Å²) in [5.41, 5.74) is 2.71. The van der Waals surface area contributed by atoms with Gasteiger partial charge in [0.25, 0.3) is 5.69 Å². The second kappa shape index (κ2) is 6.44. The van der Waals surface area contributed by atoms with Crippen LogP contribution in [-0.2, 0) is 19.9 Å². The Kier molecular flexibility index (Phi) is 3.87. The van der Waals surface area contributed by atoms with Crippen molar-refractivity contribution < 1.29 is 14.4 Å². The first kappa shape index (κ1) is 17.4. The van der Waals surface area contributed by atoms with Gasteiger partial charge >= 0.3 is 0 Å². The van der Waals surface area contributed by atoms with Crippen LogP contribution in [0.1, 0.15) is 29.7 Å². The van der Waals surface area contributed by atoms with Crippen LogP contribution >= 0.6 is 0 Å². The van der Waals surface area contributed by atoms with Crippen LogP contribution in [0, 0.1) is 10.1 Å². The summed E-state index contributed by atoms with van der Waals surface area (Å²) in [7, 11) is 1.84. The van der Waals surface area contributed by atoms with E-state index in [0.29, 0.717) is 16.9 Å². The van der Waals surface area contributed by atoms with Gasteiger partial charge in [-0.3, -0.25) is 10.1 Å². The molecule has 0 spiro atoms. The number of aromatic nitrogens is 2. The quantitative estimate of drug-likeness (QED) is 0.299. The van der Waals surface area contributed by atoms with E-state index in [4.69, 9.17) is 4.42 Å². The lowest BCUT2D eigenvalue weighted by atomic mass is 9.93. The monoisotopic (exact) mass is 389 g/mol. The minimum atomic E-state index is -0.671. The number of nitro groups is 1. The fourth-order valence-electron chi connectivity index (χ4n) is 4.05. The van der Waals surface area contributed by atoms with E-state index in [1.807, 2.05) is 35.9 Å². The van der Waals surface area contributed by atoms with Crippen molar-refractivity contribution in [2.75, 3.05) is 0 Å². The number of aliphatic imine (C=N–C) groups is 1. The van der Waals surface area contributed by atoms with E-state index in [2.05, 4.69) is 9.98 Å². The molecular weight excluding hydrogens is 372 g/mol. The number of imidazole rings is 1. The normalized spacial score (nSPS) is 14.1. The van der Waals surface area contributed by atoms with Gasteiger partial charge in [-0.05, 0) is 37.1 Å². The van der Waals surface area contributed by atoms with Crippen LogP contribution in [0.15, 0.2) is 39.7 Å². The van der Waals surface area contributed by atoms with Gasteiger partial charge in [0.1, 0.15) is 11.3 Å². The van der Waals surface area contributed by atoms with Crippen LogP contribution in [-0.4, -0.2) is 20.7 Å². The van der Waals surface area contributed by atoms with E-state index in [1.165, 1.54) is 12.3 Å². The number of fused-ring (bicyclic) bond motifs is 4. The molecule has 4 aromatic rings. The van der Waals surface area contributed by atoms with Gasteiger partial charge in [-0.1, -0.05) is 12.1 Å². The third-order valence-corrected chi connectivity index (χ3v) is 5.48. The number of rotatable bonds is 3. The zero-order valence-corrected chi connectivity index (χ0v) is 15.7. The van der Waals surface area contributed by atoms with Crippen molar-refractivity contribution in [3.05, 3.63) is 57.3 Å². The molecule has 0 radical (unpaired) electrons. The van der Waals surface area contributed by atoms with Crippen LogP contribution in [0.5, 0.6) is 5.75 Å². The van der Waals surface area contributed by atoms with Crippen LogP contribution in [0.2, 0.25) is 0 Å². The molecule has 0 atom stereocenters. The van der Waals surface area contributed by atoms with Crippen LogP contribution in [0.3, 0.4) is 0 Å². The zero-order chi connectivity index (χ0) is 20.1. The fraction of sp³-hybridized carbons (Fsp3) is 0.238. The van der Waals surface area contributed by atoms with Crippen LogP contribution in [0.4, 0.5) is 11.6 Å². The van der Waals surface area contributed by atoms with Crippen molar-refractivity contribution in [1.29, 1.82) is 0 Å². The van der Waals surface area contributed by atoms with Crippen molar-refractivity contribution in [3.63, 3.8) is 0 Å². The number of hydrogen-bond acceptors (Lipinski definition) is 6. The first-order valence-electron chi connectivity index (χ1n) is 9.43. The molecule has 0 fully saturated rings. The lowest BCUT2D eigenvalue weighted by Crippen LogP contribution is -2.04. The topological polar surface area (TPSA) is 110 Å². The highest BCUT2D eigenvalue weighted by Gasteiger charge is 2.24. The molecule has 29 heavy (non-hydrogen) atoms. The van der Waals surface area contributed by atoms with Crippen molar-refractivity contribution in [1.82, 2.24) is 9.55 Å². The van der Waals surface area contributed by atoms with Crippen LogP contribution in [0.25, 0.3) is 22.0 Å². The second-order valence-electron chi connectivity index (χ2n) is 7.20. The zero-order valence-electron chi connectivity index (χ0n) is 15.7. The standard InChI is InChI=1S/C21H18N4O4/c1-24-15-8-4-3-7-14(15)23-21(24)22-11-13-19-12-6-2-5-9-17(12)29-18(19)10-16(20(13)26)25(27)28/h3-4,7-8,10-11,26H,2,5-6,9H2,1H3/p-1. The number of hydrogen-bond donors (Lipinski definition) is 0. The molecule has 1 aliphatic carbocycles. The first-order chi connectivity index (χ1) is 14.0. The number of aryl methyl sites for hydroxylation is 3. The van der Waals surface area contributed by atoms with E-state index in [-0.39, 0.29) is 5.56 Å². The largest absolute Gasteiger partial charge is 0.867 e. The Morgan fingerprint density at radius 1 is 1.28 bits per heavy atom. The third-order valence-electron chi connectivity index (χ3n) is 5.48. The predicted molar refractivity (Wildman–Crippen MR) is 107 cm³/mol. The maximum atomic E-state index is 12.9. The SMILES string of the molecule is Cn1c(N=Cc2c([O-])c([N+](=O)[O-])cc3oc4c(c23)CCCC4)nc2ccccc21. The first-order valence-corrected chi connectivity index (χ1v) is 9.43. The van der Waals surface area contributed by atoms with Crippen molar-refractivity contribution in [2.45, 2.75) is 25.7 Å². The number of furan rings is 1. The maximum Gasteiger partial charge on any atom is 0.266 e. The highest BCUT2D eigenvalue weighted by Crippen LogP contribution is 2.40. The minimum Gasteiger partial charge on any atom is -0.867 e. The molecule has 2 aromatic carbocycles. The van der Waals surface area contributed by atoms with Gasteiger partial charge in [0.2, 0.25) is 5.95 Å². The molecule has 8 heteroatoms. The van der Waals surface area contributed by atoms with Crippen molar-refractivity contribution in [3.8, 4) is 5.75 Å². The fourth-order valence-corrected chi connectivity index (χ4v) is 4.05. The molecule has 146 valence electrons. The number of nitro benzene ring substituents is 1. The average Bonchev–Trinajstić information content (AvgIpc) is 3.25. The predicted octanol–water partition coefficient (Wildman–Crippen LogP) is 3.93. The van der Waals surface area contributed by atoms with E-state index in [9.17, 15) is 15.2 Å². The number of nitrogens with zero attached hydrogens (tertiary/aromatic N) is 4. The van der Waals surface area contributed by atoms with Gasteiger partial charge in [-0.2, -0.15) is 0 Å². The summed E-state index contributed by atoms with van der Waals surface area (Å²) in [5, 5.41) is 24.9. The Hall–Kier alpha value is -3.68. The van der Waals surface area contributed by atoms with E-state index >= 15 is 0 Å². The van der Waals surface area contributed by atoms with Gasteiger partial charge in [0.05, 0.1) is 22.0 Å². The van der Waals surface area contributed by atoms with Crippen LogP contribution < -0.4 is 5.11 Å². The van der Waals surface area contributed by atoms with Gasteiger partial charge in [0, 0.05) is 36.2 Å². The molecule has 0 N–H and O–H groups in total. The van der Waals surface area contributed by atoms with Gasteiger partial charge in [-0.25, -0.2) is 9.98 Å². The Morgan fingerprint density at radius 3 is 2.86 bits per heavy atom. The Bertz CT molecular complexity index is 1320. The maximum absolute atomic E-state index is 12.9. The summed E-state index contributed by atoms with van der Waals surface area (Å²) in [6.45, 7) is 0. The smallest absolute Gasteiger partial charge is 0.266 e. The van der Waals surface area contributed by atoms with E-state index < -0.39 is 16.4 Å². The second-order valence-corrected chi connectivity index (χ2v) is 7.20. The third kappa shape index (κ3) is 2.67.